The number of rotatable bonds is 4. The smallest absolute Gasteiger partial charge is 0.139 e. The second-order valence-electron chi connectivity index (χ2n) is 6.64. The van der Waals surface area contributed by atoms with Gasteiger partial charge in [0.15, 0.2) is 0 Å². The summed E-state index contributed by atoms with van der Waals surface area (Å²) in [6.07, 6.45) is 0. The fourth-order valence-electron chi connectivity index (χ4n) is 3.65. The molecule has 0 amide bonds. The van der Waals surface area contributed by atoms with E-state index in [0.717, 1.165) is 18.8 Å². The second kappa shape index (κ2) is 9.23. The number of aliphatic imine (C=N–C) groups is 1. The molecule has 0 radical (unpaired) electrons. The monoisotopic (exact) mass is 402 g/mol. The van der Waals surface area contributed by atoms with Crippen LogP contribution in [0, 0.1) is 45.3 Å². The summed E-state index contributed by atoms with van der Waals surface area (Å²) in [6, 6.07) is 22.4. The third-order valence-electron chi connectivity index (χ3n) is 5.11. The van der Waals surface area contributed by atoms with Gasteiger partial charge >= 0.3 is 0 Å². The molecule has 2 aromatic rings. The summed E-state index contributed by atoms with van der Waals surface area (Å²) in [4.78, 5) is 6.90. The van der Waals surface area contributed by atoms with Crippen molar-refractivity contribution in [2.24, 2.45) is 4.99 Å². The van der Waals surface area contributed by atoms with Crippen molar-refractivity contribution in [1.82, 2.24) is 0 Å². The molecule has 0 bridgehead atoms. The summed E-state index contributed by atoms with van der Waals surface area (Å²) < 4.78 is 0. The molecule has 1 aliphatic carbocycles. The number of benzene rings is 2. The van der Waals surface area contributed by atoms with E-state index in [9.17, 15) is 21.0 Å². The van der Waals surface area contributed by atoms with Crippen LogP contribution in [0.25, 0.3) is 11.1 Å². The molecule has 0 spiro atoms. The van der Waals surface area contributed by atoms with Crippen LogP contribution < -0.4 is 4.90 Å². The zero-order valence-corrected chi connectivity index (χ0v) is 17.2. The lowest BCUT2D eigenvalue weighted by atomic mass is 10.0. The zero-order chi connectivity index (χ0) is 22.4. The highest BCUT2D eigenvalue weighted by atomic mass is 15.1. The van der Waals surface area contributed by atoms with E-state index in [0.29, 0.717) is 28.0 Å². The number of hydrogen-bond donors (Lipinski definition) is 0. The summed E-state index contributed by atoms with van der Waals surface area (Å²) >= 11 is 0. The van der Waals surface area contributed by atoms with Crippen molar-refractivity contribution in [3.63, 3.8) is 0 Å². The lowest BCUT2D eigenvalue weighted by molar-refractivity contribution is 0.866. The van der Waals surface area contributed by atoms with Gasteiger partial charge < -0.3 is 4.90 Å². The minimum absolute atomic E-state index is 0.115. The van der Waals surface area contributed by atoms with Gasteiger partial charge in [0, 0.05) is 29.9 Å². The predicted molar refractivity (Wildman–Crippen MR) is 120 cm³/mol. The molecule has 0 aromatic heterocycles. The quantitative estimate of drug-likeness (QED) is 0.674. The van der Waals surface area contributed by atoms with Gasteiger partial charge in [0.1, 0.15) is 35.4 Å². The number of hydrogen-bond acceptors (Lipinski definition) is 6. The number of nitriles is 4. The van der Waals surface area contributed by atoms with Crippen LogP contribution in [0.15, 0.2) is 64.7 Å². The van der Waals surface area contributed by atoms with Crippen LogP contribution in [0.3, 0.4) is 0 Å². The van der Waals surface area contributed by atoms with Crippen molar-refractivity contribution in [2.45, 2.75) is 13.8 Å². The third-order valence-corrected chi connectivity index (χ3v) is 5.11. The average molecular weight is 402 g/mol. The van der Waals surface area contributed by atoms with Gasteiger partial charge in [0.25, 0.3) is 0 Å². The Morgan fingerprint density at radius 2 is 1.19 bits per heavy atom. The maximum Gasteiger partial charge on any atom is 0.139 e. The van der Waals surface area contributed by atoms with Crippen LogP contribution in [0.5, 0.6) is 0 Å². The molecule has 3 rings (SSSR count). The summed E-state index contributed by atoms with van der Waals surface area (Å²) in [5.41, 5.74) is 3.60. The molecule has 1 aliphatic rings. The maximum absolute atomic E-state index is 9.55. The molecule has 0 saturated heterocycles. The topological polar surface area (TPSA) is 111 Å². The minimum atomic E-state index is -0.115. The Bertz CT molecular complexity index is 1170. The van der Waals surface area contributed by atoms with Crippen molar-refractivity contribution in [3.05, 3.63) is 70.8 Å². The van der Waals surface area contributed by atoms with Crippen molar-refractivity contribution in [3.8, 4) is 24.3 Å². The first-order valence-corrected chi connectivity index (χ1v) is 9.76. The van der Waals surface area contributed by atoms with Crippen LogP contribution in [-0.4, -0.2) is 18.8 Å². The van der Waals surface area contributed by atoms with Gasteiger partial charge in [-0.15, -0.1) is 0 Å². The Morgan fingerprint density at radius 1 is 0.742 bits per heavy atom. The molecule has 6 nitrogen and oxygen atoms in total. The van der Waals surface area contributed by atoms with Crippen LogP contribution in [-0.2, 0) is 0 Å². The molecule has 0 N–H and O–H groups in total. The Labute approximate surface area is 181 Å². The number of allylic oxidation sites excluding steroid dienone is 4. The average Bonchev–Trinajstić information content (AvgIpc) is 3.12. The van der Waals surface area contributed by atoms with Crippen molar-refractivity contribution >= 4 is 28.2 Å². The number of nitrogens with zero attached hydrogens (tertiary/aromatic N) is 6. The van der Waals surface area contributed by atoms with Crippen molar-refractivity contribution < 1.29 is 0 Å². The Hall–Kier alpha value is -4.65. The largest absolute Gasteiger partial charge is 0.372 e. The Balaban J connectivity index is 2.30. The van der Waals surface area contributed by atoms with E-state index in [2.05, 4.69) is 18.7 Å². The standard InChI is InChI=1S/C25H18N6/c1-3-31(4-2)20-11-9-19(10-12-20)30-25-23(17(13-26)14-27)21-7-5-6-8-22(21)24(25)18(15-28)16-29/h5-12H,3-4H2,1-2H3. The third kappa shape index (κ3) is 3.79. The van der Waals surface area contributed by atoms with E-state index in [1.54, 1.807) is 24.3 Å². The molecule has 0 heterocycles. The van der Waals surface area contributed by atoms with Crippen molar-refractivity contribution in [2.75, 3.05) is 18.0 Å². The highest BCUT2D eigenvalue weighted by Gasteiger charge is 2.33. The van der Waals surface area contributed by atoms with Gasteiger partial charge in [-0.05, 0) is 49.2 Å². The van der Waals surface area contributed by atoms with Gasteiger partial charge in [0.05, 0.1) is 11.4 Å². The molecular formula is C25H18N6. The van der Waals surface area contributed by atoms with Crippen LogP contribution in [0.2, 0.25) is 0 Å². The zero-order valence-electron chi connectivity index (χ0n) is 17.2. The number of anilines is 1. The first-order valence-electron chi connectivity index (χ1n) is 9.76. The van der Waals surface area contributed by atoms with E-state index in [1.807, 2.05) is 48.5 Å². The summed E-state index contributed by atoms with van der Waals surface area (Å²) in [5, 5.41) is 38.2. The van der Waals surface area contributed by atoms with Gasteiger partial charge in [-0.25, -0.2) is 4.99 Å². The van der Waals surface area contributed by atoms with Crippen molar-refractivity contribution in [1.29, 1.82) is 21.0 Å². The molecule has 31 heavy (non-hydrogen) atoms. The first-order chi connectivity index (χ1) is 15.1. The molecule has 0 unspecified atom stereocenters. The Morgan fingerprint density at radius 3 is 1.58 bits per heavy atom. The molecule has 2 aromatic carbocycles. The van der Waals surface area contributed by atoms with Crippen LogP contribution >= 0.6 is 0 Å². The molecule has 0 aliphatic heterocycles. The summed E-state index contributed by atoms with van der Waals surface area (Å²) in [6.45, 7) is 5.91. The number of fused-ring (bicyclic) bond motifs is 1. The lowest BCUT2D eigenvalue weighted by Crippen LogP contribution is -2.21. The molecule has 0 fully saturated rings. The van der Waals surface area contributed by atoms with Gasteiger partial charge in [-0.2, -0.15) is 21.0 Å². The highest BCUT2D eigenvalue weighted by molar-refractivity contribution is 6.52. The molecule has 6 heteroatoms. The summed E-state index contributed by atoms with van der Waals surface area (Å²) in [7, 11) is 0. The van der Waals surface area contributed by atoms with E-state index < -0.39 is 0 Å². The maximum atomic E-state index is 9.55. The molecular weight excluding hydrogens is 384 g/mol. The Kier molecular flexibility index (Phi) is 6.27. The van der Waals surface area contributed by atoms with E-state index in [1.165, 1.54) is 0 Å². The summed E-state index contributed by atoms with van der Waals surface area (Å²) in [5.74, 6) is 0. The minimum Gasteiger partial charge on any atom is -0.372 e. The van der Waals surface area contributed by atoms with E-state index in [-0.39, 0.29) is 16.9 Å². The van der Waals surface area contributed by atoms with Gasteiger partial charge in [0.2, 0.25) is 0 Å². The lowest BCUT2D eigenvalue weighted by Gasteiger charge is -2.20. The molecule has 0 saturated carbocycles. The van der Waals surface area contributed by atoms with E-state index >= 15 is 0 Å². The SMILES string of the molecule is CCN(CC)c1ccc(N=C2C(=C(C#N)C#N)c3ccccc3C2=C(C#N)C#N)cc1. The molecule has 0 atom stereocenters. The van der Waals surface area contributed by atoms with Crippen LogP contribution in [0.1, 0.15) is 25.0 Å². The predicted octanol–water partition coefficient (Wildman–Crippen LogP) is 4.92. The normalized spacial score (nSPS) is 11.5. The van der Waals surface area contributed by atoms with E-state index in [4.69, 9.17) is 4.99 Å². The van der Waals surface area contributed by atoms with Crippen LogP contribution in [0.4, 0.5) is 11.4 Å². The molecule has 148 valence electrons. The van der Waals surface area contributed by atoms with Gasteiger partial charge in [-0.3, -0.25) is 0 Å². The first kappa shape index (κ1) is 21.1. The second-order valence-corrected chi connectivity index (χ2v) is 6.64. The van der Waals surface area contributed by atoms with Gasteiger partial charge in [-0.1, -0.05) is 24.3 Å². The highest BCUT2D eigenvalue weighted by Crippen LogP contribution is 2.42. The fraction of sp³-hybridized carbons (Fsp3) is 0.160. The fourth-order valence-corrected chi connectivity index (χ4v) is 3.65.